The maximum Gasteiger partial charge on any atom is 0.255 e. The summed E-state index contributed by atoms with van der Waals surface area (Å²) >= 11 is 4.84. The van der Waals surface area contributed by atoms with E-state index in [2.05, 4.69) is 5.32 Å². The minimum atomic E-state index is -0.945. The van der Waals surface area contributed by atoms with Crippen LogP contribution in [0.3, 0.4) is 0 Å². The van der Waals surface area contributed by atoms with Gasteiger partial charge in [-0.1, -0.05) is 6.07 Å². The summed E-state index contributed by atoms with van der Waals surface area (Å²) in [5.74, 6) is -3.05. The van der Waals surface area contributed by atoms with Crippen molar-refractivity contribution >= 4 is 28.9 Å². The highest BCUT2D eigenvalue weighted by atomic mass is 32.1. The van der Waals surface area contributed by atoms with E-state index in [0.29, 0.717) is 6.07 Å². The van der Waals surface area contributed by atoms with E-state index in [-0.39, 0.29) is 28.3 Å². The molecule has 0 radical (unpaired) electrons. The first kappa shape index (κ1) is 17.0. The predicted octanol–water partition coefficient (Wildman–Crippen LogP) is 3.87. The Morgan fingerprint density at radius 1 is 1.17 bits per heavy atom. The van der Waals surface area contributed by atoms with Crippen molar-refractivity contribution in [1.29, 1.82) is 0 Å². The van der Waals surface area contributed by atoms with Crippen molar-refractivity contribution in [3.63, 3.8) is 0 Å². The smallest absolute Gasteiger partial charge is 0.255 e. The third kappa shape index (κ3) is 4.29. The molecule has 23 heavy (non-hydrogen) atoms. The normalized spacial score (nSPS) is 10.3. The lowest BCUT2D eigenvalue weighted by atomic mass is 10.1. The van der Waals surface area contributed by atoms with Crippen LogP contribution in [0.5, 0.6) is 0 Å². The second kappa shape index (κ2) is 7.23. The molecule has 120 valence electrons. The molecule has 0 spiro atoms. The van der Waals surface area contributed by atoms with Crippen LogP contribution in [0.4, 0.5) is 18.9 Å². The molecule has 0 aromatic heterocycles. The van der Waals surface area contributed by atoms with Gasteiger partial charge in [0, 0.05) is 18.1 Å². The van der Waals surface area contributed by atoms with Gasteiger partial charge in [0.05, 0.1) is 12.8 Å². The summed E-state index contributed by atoms with van der Waals surface area (Å²) in [6.45, 7) is 0. The number of halogens is 3. The molecule has 0 fully saturated rings. The lowest BCUT2D eigenvalue weighted by Crippen LogP contribution is -2.14. The zero-order chi connectivity index (χ0) is 17.0. The van der Waals surface area contributed by atoms with Crippen LogP contribution in [0.15, 0.2) is 36.4 Å². The number of hydrogen-bond acceptors (Lipinski definition) is 3. The van der Waals surface area contributed by atoms with Crippen LogP contribution >= 0.6 is 12.2 Å². The fourth-order valence-corrected chi connectivity index (χ4v) is 2.03. The molecule has 2 aromatic rings. The van der Waals surface area contributed by atoms with Gasteiger partial charge in [-0.15, -0.1) is 0 Å². The van der Waals surface area contributed by atoms with Gasteiger partial charge in [0.25, 0.3) is 5.91 Å². The predicted molar refractivity (Wildman–Crippen MR) is 84.0 cm³/mol. The Hall–Kier alpha value is -2.41. The second-order valence-corrected chi connectivity index (χ2v) is 5.10. The molecule has 2 aromatic carbocycles. The fourth-order valence-electron chi connectivity index (χ4n) is 1.88. The highest BCUT2D eigenvalue weighted by Crippen LogP contribution is 2.21. The Bertz CT molecular complexity index is 765. The van der Waals surface area contributed by atoms with Crippen molar-refractivity contribution in [2.45, 2.75) is 6.42 Å². The number of rotatable bonds is 4. The van der Waals surface area contributed by atoms with E-state index in [1.165, 1.54) is 25.3 Å². The Morgan fingerprint density at radius 2 is 1.91 bits per heavy atom. The van der Waals surface area contributed by atoms with E-state index < -0.39 is 23.4 Å². The summed E-state index contributed by atoms with van der Waals surface area (Å²) in [6, 6.07) is 6.70. The van der Waals surface area contributed by atoms with Crippen LogP contribution in [0, 0.1) is 17.5 Å². The number of methoxy groups -OCH3 is 1. The molecule has 0 aliphatic heterocycles. The molecule has 1 N–H and O–H groups in total. The van der Waals surface area contributed by atoms with Crippen LogP contribution in [-0.2, 0) is 11.2 Å². The van der Waals surface area contributed by atoms with E-state index in [0.717, 1.165) is 12.1 Å². The largest absolute Gasteiger partial charge is 0.490 e. The number of amides is 1. The third-order valence-corrected chi connectivity index (χ3v) is 3.34. The SMILES string of the molecule is COC(=S)Cc1cc(NC(=O)c2cccc(F)c2)c(F)cc1F. The molecule has 7 heteroatoms. The first-order valence-corrected chi connectivity index (χ1v) is 6.93. The van der Waals surface area contributed by atoms with Crippen LogP contribution in [-0.4, -0.2) is 18.1 Å². The van der Waals surface area contributed by atoms with Crippen LogP contribution in [0.2, 0.25) is 0 Å². The maximum absolute atomic E-state index is 13.8. The number of carbonyl (C=O) groups excluding carboxylic acids is 1. The van der Waals surface area contributed by atoms with Crippen LogP contribution < -0.4 is 5.32 Å². The van der Waals surface area contributed by atoms with Crippen molar-refractivity contribution in [3.8, 4) is 0 Å². The van der Waals surface area contributed by atoms with Gasteiger partial charge in [0.2, 0.25) is 0 Å². The first-order chi connectivity index (χ1) is 10.9. The van der Waals surface area contributed by atoms with Crippen LogP contribution in [0.1, 0.15) is 15.9 Å². The molecule has 0 atom stereocenters. The minimum Gasteiger partial charge on any atom is -0.490 e. The van der Waals surface area contributed by atoms with Crippen molar-refractivity contribution in [2.24, 2.45) is 0 Å². The number of ether oxygens (including phenoxy) is 1. The number of thiocarbonyl (C=S) groups is 1. The number of carbonyl (C=O) groups is 1. The van der Waals surface area contributed by atoms with Crippen molar-refractivity contribution in [1.82, 2.24) is 0 Å². The van der Waals surface area contributed by atoms with Crippen molar-refractivity contribution in [2.75, 3.05) is 12.4 Å². The highest BCUT2D eigenvalue weighted by Gasteiger charge is 2.15. The Kier molecular flexibility index (Phi) is 5.33. The quantitative estimate of drug-likeness (QED) is 0.860. The highest BCUT2D eigenvalue weighted by molar-refractivity contribution is 7.80. The zero-order valence-corrected chi connectivity index (χ0v) is 12.8. The monoisotopic (exact) mass is 339 g/mol. The van der Waals surface area contributed by atoms with E-state index in [4.69, 9.17) is 17.0 Å². The summed E-state index contributed by atoms with van der Waals surface area (Å²) in [5.41, 5.74) is -0.134. The third-order valence-electron chi connectivity index (χ3n) is 3.03. The Labute approximate surface area is 136 Å². The molecular formula is C16H12F3NO2S. The molecule has 0 aliphatic rings. The molecule has 0 bridgehead atoms. The zero-order valence-electron chi connectivity index (χ0n) is 12.0. The average molecular weight is 339 g/mol. The van der Waals surface area contributed by atoms with Gasteiger partial charge in [0.15, 0.2) is 5.05 Å². The molecule has 0 unspecified atom stereocenters. The molecule has 0 heterocycles. The van der Waals surface area contributed by atoms with Gasteiger partial charge in [-0.05, 0) is 42.0 Å². The van der Waals surface area contributed by atoms with E-state index >= 15 is 0 Å². The summed E-state index contributed by atoms with van der Waals surface area (Å²) in [7, 11) is 1.34. The van der Waals surface area contributed by atoms with Gasteiger partial charge in [-0.25, -0.2) is 13.2 Å². The number of benzene rings is 2. The second-order valence-electron chi connectivity index (χ2n) is 4.64. The summed E-state index contributed by atoms with van der Waals surface area (Å²) in [4.78, 5) is 12.0. The van der Waals surface area contributed by atoms with Gasteiger partial charge >= 0.3 is 0 Å². The van der Waals surface area contributed by atoms with E-state index in [1.807, 2.05) is 0 Å². The van der Waals surface area contributed by atoms with E-state index in [9.17, 15) is 18.0 Å². The van der Waals surface area contributed by atoms with Gasteiger partial charge in [-0.3, -0.25) is 4.79 Å². The minimum absolute atomic E-state index is 0.0164. The average Bonchev–Trinajstić information content (AvgIpc) is 2.51. The standard InChI is InChI=1S/C16H12F3NO2S/c1-22-15(23)7-10-6-14(13(19)8-12(10)18)20-16(21)9-3-2-4-11(17)5-9/h2-6,8H,7H2,1H3,(H,20,21). The van der Waals surface area contributed by atoms with Crippen molar-refractivity contribution < 1.29 is 22.7 Å². The lowest BCUT2D eigenvalue weighted by molar-refractivity contribution is 0.102. The summed E-state index contributed by atoms with van der Waals surface area (Å²) in [6.07, 6.45) is -0.0409. The molecule has 2 rings (SSSR count). The number of anilines is 1. The molecule has 0 saturated heterocycles. The first-order valence-electron chi connectivity index (χ1n) is 6.52. The Morgan fingerprint density at radius 3 is 2.57 bits per heavy atom. The number of nitrogens with one attached hydrogen (secondary N) is 1. The van der Waals surface area contributed by atoms with Gasteiger partial charge in [0.1, 0.15) is 17.5 Å². The number of hydrogen-bond donors (Lipinski definition) is 1. The Balaban J connectivity index is 2.27. The maximum atomic E-state index is 13.8. The lowest BCUT2D eigenvalue weighted by Gasteiger charge is -2.10. The molecule has 3 nitrogen and oxygen atoms in total. The van der Waals surface area contributed by atoms with Crippen LogP contribution in [0.25, 0.3) is 0 Å². The molecule has 0 aliphatic carbocycles. The van der Waals surface area contributed by atoms with E-state index in [1.54, 1.807) is 0 Å². The fraction of sp³-hybridized carbons (Fsp3) is 0.125. The van der Waals surface area contributed by atoms with Gasteiger partial charge in [-0.2, -0.15) is 0 Å². The summed E-state index contributed by atoms with van der Waals surface area (Å²) in [5, 5.41) is 2.40. The van der Waals surface area contributed by atoms with Crippen molar-refractivity contribution in [3.05, 3.63) is 65.0 Å². The summed E-state index contributed by atoms with van der Waals surface area (Å²) < 4.78 is 45.4. The molecular weight excluding hydrogens is 327 g/mol. The van der Waals surface area contributed by atoms with Gasteiger partial charge < -0.3 is 10.1 Å². The molecule has 0 saturated carbocycles. The molecule has 1 amide bonds. The topological polar surface area (TPSA) is 38.3 Å².